The second-order valence-electron chi connectivity index (χ2n) is 5.81. The molecule has 1 aromatic heterocycles. The Kier molecular flexibility index (Phi) is 4.21. The molecule has 1 aliphatic heterocycles. The second-order valence-corrected chi connectivity index (χ2v) is 6.90. The smallest absolute Gasteiger partial charge is 0.319 e. The molecule has 1 aliphatic rings. The van der Waals surface area contributed by atoms with Crippen molar-refractivity contribution in [3.63, 3.8) is 0 Å². The molecule has 6 heteroatoms. The van der Waals surface area contributed by atoms with Crippen molar-refractivity contribution >= 4 is 39.4 Å². The summed E-state index contributed by atoms with van der Waals surface area (Å²) in [7, 11) is 0. The van der Waals surface area contributed by atoms with E-state index in [0.29, 0.717) is 6.54 Å². The van der Waals surface area contributed by atoms with Gasteiger partial charge in [-0.05, 0) is 40.8 Å². The predicted molar refractivity (Wildman–Crippen MR) is 103 cm³/mol. The lowest BCUT2D eigenvalue weighted by Crippen LogP contribution is -2.31. The number of nitrogens with zero attached hydrogens (tertiary/aromatic N) is 1. The van der Waals surface area contributed by atoms with Crippen molar-refractivity contribution in [2.75, 3.05) is 18.5 Å². The van der Waals surface area contributed by atoms with Crippen LogP contribution in [0, 0.1) is 0 Å². The molecule has 0 saturated carbocycles. The van der Waals surface area contributed by atoms with E-state index in [1.54, 1.807) is 11.3 Å². The Balaban J connectivity index is 1.73. The lowest BCUT2D eigenvalue weighted by molar-refractivity contribution is 0.245. The summed E-state index contributed by atoms with van der Waals surface area (Å²) >= 11 is 1.74. The molecule has 4 rings (SSSR count). The maximum atomic E-state index is 11.9. The van der Waals surface area contributed by atoms with Crippen LogP contribution in [0.15, 0.2) is 47.5 Å². The number of amides is 2. The van der Waals surface area contributed by atoms with Crippen LogP contribution in [-0.4, -0.2) is 30.5 Å². The lowest BCUT2D eigenvalue weighted by Gasteiger charge is -2.12. The van der Waals surface area contributed by atoms with Gasteiger partial charge in [0, 0.05) is 33.6 Å². The fourth-order valence-electron chi connectivity index (χ4n) is 2.97. The number of fused-ring (bicyclic) bond motifs is 2. The molecule has 0 saturated heterocycles. The first-order chi connectivity index (χ1) is 12.2. The highest BCUT2D eigenvalue weighted by molar-refractivity contribution is 7.22. The van der Waals surface area contributed by atoms with Gasteiger partial charge in [0.2, 0.25) is 0 Å². The molecule has 0 fully saturated rings. The second kappa shape index (κ2) is 6.66. The summed E-state index contributed by atoms with van der Waals surface area (Å²) in [5.41, 5.74) is 4.05. The zero-order valence-corrected chi connectivity index (χ0v) is 14.3. The van der Waals surface area contributed by atoms with Crippen LogP contribution in [0.25, 0.3) is 20.5 Å². The number of aliphatic hydroxyl groups excluding tert-OH is 1. The molecule has 2 heterocycles. The van der Waals surface area contributed by atoms with Gasteiger partial charge in [0.25, 0.3) is 0 Å². The Morgan fingerprint density at radius 2 is 2.12 bits per heavy atom. The summed E-state index contributed by atoms with van der Waals surface area (Å²) in [6.07, 6.45) is 1.85. The minimum absolute atomic E-state index is 0.0860. The monoisotopic (exact) mass is 351 g/mol. The molecule has 126 valence electrons. The zero-order chi connectivity index (χ0) is 17.2. The zero-order valence-electron chi connectivity index (χ0n) is 13.5. The summed E-state index contributed by atoms with van der Waals surface area (Å²) in [6.45, 7) is 0.800. The topological polar surface area (TPSA) is 73.7 Å². The van der Waals surface area contributed by atoms with Gasteiger partial charge in [-0.15, -0.1) is 11.3 Å². The Bertz CT molecular complexity index is 945. The van der Waals surface area contributed by atoms with Crippen LogP contribution < -0.4 is 10.6 Å². The van der Waals surface area contributed by atoms with E-state index in [1.807, 2.05) is 30.5 Å². The molecule has 0 bridgehead atoms. The molecule has 0 unspecified atom stereocenters. The maximum absolute atomic E-state index is 11.9. The van der Waals surface area contributed by atoms with E-state index in [0.717, 1.165) is 16.8 Å². The third-order valence-electron chi connectivity index (χ3n) is 4.11. The van der Waals surface area contributed by atoms with Gasteiger partial charge in [-0.3, -0.25) is 4.99 Å². The molecule has 2 aromatic carbocycles. The number of thiophene rings is 1. The van der Waals surface area contributed by atoms with Crippen molar-refractivity contribution in [2.24, 2.45) is 4.99 Å². The van der Waals surface area contributed by atoms with Gasteiger partial charge in [0.05, 0.1) is 13.2 Å². The molecule has 0 atom stereocenters. The van der Waals surface area contributed by atoms with E-state index in [1.165, 1.54) is 20.5 Å². The van der Waals surface area contributed by atoms with Crippen molar-refractivity contribution in [3.8, 4) is 10.4 Å². The van der Waals surface area contributed by atoms with Crippen molar-refractivity contribution < 1.29 is 9.90 Å². The average Bonchev–Trinajstić information content (AvgIpc) is 3.25. The average molecular weight is 351 g/mol. The molecular formula is C19H17N3O2S. The number of carbonyl (C=O) groups is 1. The van der Waals surface area contributed by atoms with Crippen LogP contribution in [0.5, 0.6) is 0 Å². The van der Waals surface area contributed by atoms with Crippen LogP contribution in [0.1, 0.15) is 11.1 Å². The van der Waals surface area contributed by atoms with Crippen molar-refractivity contribution in [1.82, 2.24) is 5.32 Å². The highest BCUT2D eigenvalue weighted by Crippen LogP contribution is 2.38. The molecule has 5 nitrogen and oxygen atoms in total. The van der Waals surface area contributed by atoms with Gasteiger partial charge in [-0.1, -0.05) is 18.2 Å². The van der Waals surface area contributed by atoms with Crippen molar-refractivity contribution in [1.29, 1.82) is 0 Å². The summed E-state index contributed by atoms with van der Waals surface area (Å²) in [5, 5.41) is 15.5. The first-order valence-corrected chi connectivity index (χ1v) is 8.87. The number of aliphatic imine (C=N–C) groups is 1. The van der Waals surface area contributed by atoms with Crippen molar-refractivity contribution in [3.05, 3.63) is 53.6 Å². The highest BCUT2D eigenvalue weighted by atomic mass is 32.1. The molecule has 0 aliphatic carbocycles. The summed E-state index contributed by atoms with van der Waals surface area (Å²) in [5.74, 6) is 0. The molecule has 3 aromatic rings. The number of rotatable bonds is 4. The summed E-state index contributed by atoms with van der Waals surface area (Å²) < 4.78 is 1.24. The third-order valence-corrected chi connectivity index (χ3v) is 5.26. The van der Waals surface area contributed by atoms with Gasteiger partial charge < -0.3 is 15.7 Å². The van der Waals surface area contributed by atoms with Crippen molar-refractivity contribution in [2.45, 2.75) is 6.54 Å². The number of urea groups is 1. The number of aliphatic hydroxyl groups is 1. The summed E-state index contributed by atoms with van der Waals surface area (Å²) in [4.78, 5) is 17.4. The Morgan fingerprint density at radius 3 is 2.96 bits per heavy atom. The highest BCUT2D eigenvalue weighted by Gasteiger charge is 2.17. The number of carbonyl (C=O) groups excluding carboxylic acids is 1. The quantitative estimate of drug-likeness (QED) is 0.672. The lowest BCUT2D eigenvalue weighted by atomic mass is 10.0. The van der Waals surface area contributed by atoms with E-state index in [4.69, 9.17) is 5.11 Å². The Labute approximate surface area is 149 Å². The van der Waals surface area contributed by atoms with Gasteiger partial charge >= 0.3 is 6.03 Å². The van der Waals surface area contributed by atoms with E-state index < -0.39 is 0 Å². The first kappa shape index (κ1) is 15.8. The van der Waals surface area contributed by atoms with Crippen LogP contribution in [-0.2, 0) is 6.54 Å². The van der Waals surface area contributed by atoms with Gasteiger partial charge in [0.15, 0.2) is 0 Å². The fraction of sp³-hybridized carbons (Fsp3) is 0.158. The summed E-state index contributed by atoms with van der Waals surface area (Å²) in [6, 6.07) is 14.1. The normalized spacial score (nSPS) is 12.4. The minimum Gasteiger partial charge on any atom is -0.395 e. The van der Waals surface area contributed by atoms with Crippen LogP contribution >= 0.6 is 11.3 Å². The van der Waals surface area contributed by atoms with E-state index in [9.17, 15) is 4.79 Å². The number of hydrogen-bond donors (Lipinski definition) is 3. The van der Waals surface area contributed by atoms with E-state index >= 15 is 0 Å². The largest absolute Gasteiger partial charge is 0.395 e. The first-order valence-electron chi connectivity index (χ1n) is 8.06. The number of hydrogen-bond acceptors (Lipinski definition) is 4. The predicted octanol–water partition coefficient (Wildman–Crippen LogP) is 3.61. The Hall–Kier alpha value is -2.70. The van der Waals surface area contributed by atoms with Crippen LogP contribution in [0.4, 0.5) is 10.5 Å². The van der Waals surface area contributed by atoms with Gasteiger partial charge in [0.1, 0.15) is 0 Å². The maximum Gasteiger partial charge on any atom is 0.319 e. The Morgan fingerprint density at radius 1 is 1.24 bits per heavy atom. The van der Waals surface area contributed by atoms with E-state index in [2.05, 4.69) is 33.8 Å². The third kappa shape index (κ3) is 3.14. The molecule has 0 radical (unpaired) electrons. The molecule has 2 amide bonds. The molecule has 0 spiro atoms. The van der Waals surface area contributed by atoms with Gasteiger partial charge in [-0.2, -0.15) is 0 Å². The molecular weight excluding hydrogens is 334 g/mol. The molecule has 3 N–H and O–H groups in total. The van der Waals surface area contributed by atoms with Crippen LogP contribution in [0.2, 0.25) is 0 Å². The number of nitrogens with one attached hydrogen (secondary N) is 2. The van der Waals surface area contributed by atoms with E-state index in [-0.39, 0.29) is 19.2 Å². The SMILES string of the molecule is O=C(NCCO)Nc1cc2c(c(-c3cc4ccccc4s3)c1)CN=C2. The van der Waals surface area contributed by atoms with Gasteiger partial charge in [-0.25, -0.2) is 4.79 Å². The number of anilines is 1. The molecule has 25 heavy (non-hydrogen) atoms. The van der Waals surface area contributed by atoms with Crippen LogP contribution in [0.3, 0.4) is 0 Å². The standard InChI is InChI=1S/C19H17N3O2S/c23-6-5-21-19(24)22-14-7-13-10-20-11-16(13)15(9-14)18-8-12-3-1-2-4-17(12)25-18/h1-4,7-10,23H,5-6,11H2,(H2,21,22,24). The fourth-order valence-corrected chi connectivity index (χ4v) is 4.08. The minimum atomic E-state index is -0.328. The number of benzene rings is 2.